The zero-order chi connectivity index (χ0) is 18.7. The van der Waals surface area contributed by atoms with E-state index in [1.165, 1.54) is 0 Å². The van der Waals surface area contributed by atoms with Gasteiger partial charge in [0, 0.05) is 12.3 Å². The average molecular weight is 368 g/mol. The Labute approximate surface area is 141 Å². The Balaban J connectivity index is 4.54. The van der Waals surface area contributed by atoms with Crippen molar-refractivity contribution in [2.24, 2.45) is 0 Å². The van der Waals surface area contributed by atoms with Crippen LogP contribution in [0.4, 0.5) is 0 Å². The first-order valence-electron chi connectivity index (χ1n) is 6.71. The molecule has 2 atom stereocenters. The van der Waals surface area contributed by atoms with Crippen molar-refractivity contribution in [3.05, 3.63) is 0 Å². The van der Waals surface area contributed by atoms with E-state index < -0.39 is 55.7 Å². The van der Waals surface area contributed by atoms with Crippen LogP contribution in [-0.2, 0) is 19.2 Å². The van der Waals surface area contributed by atoms with Crippen LogP contribution >= 0.6 is 11.8 Å². The number of aliphatic carboxylic acids is 3. The smallest absolute Gasteiger partial charge is 0.321 e. The van der Waals surface area contributed by atoms with Gasteiger partial charge in [-0.1, -0.05) is 0 Å². The first-order valence-corrected chi connectivity index (χ1v) is 7.86. The molecule has 6 N–H and O–H groups in total. The van der Waals surface area contributed by atoms with Gasteiger partial charge in [-0.25, -0.2) is 0 Å². The van der Waals surface area contributed by atoms with Crippen LogP contribution in [0, 0.1) is 0 Å². The number of hydrogen-bond acceptors (Lipinski definition) is 8. The molecule has 0 spiro atoms. The zero-order valence-corrected chi connectivity index (χ0v) is 13.4. The van der Waals surface area contributed by atoms with Gasteiger partial charge in [0.1, 0.15) is 6.04 Å². The first-order chi connectivity index (χ1) is 11.2. The van der Waals surface area contributed by atoms with Gasteiger partial charge in [-0.2, -0.15) is 0 Å². The normalized spacial score (nSPS) is 13.3. The number of aliphatic hydroxyl groups is 2. The van der Waals surface area contributed by atoms with Crippen molar-refractivity contribution in [2.75, 3.05) is 37.7 Å². The van der Waals surface area contributed by atoms with Crippen molar-refractivity contribution in [1.29, 1.82) is 0 Å². The number of carbonyl (C=O) groups excluding carboxylic acids is 1. The third-order valence-electron chi connectivity index (χ3n) is 2.66. The molecule has 2 unspecified atom stereocenters. The Morgan fingerprint density at radius 2 is 1.58 bits per heavy atom. The first kappa shape index (κ1) is 22.1. The number of thioether (sulfide) groups is 1. The summed E-state index contributed by atoms with van der Waals surface area (Å²) in [5, 5.41) is 46.6. The van der Waals surface area contributed by atoms with Crippen molar-refractivity contribution < 1.29 is 44.7 Å². The van der Waals surface area contributed by atoms with E-state index in [1.807, 2.05) is 0 Å². The lowest BCUT2D eigenvalue weighted by molar-refractivity contribution is -0.148. The van der Waals surface area contributed by atoms with E-state index in [1.54, 1.807) is 0 Å². The maximum absolute atomic E-state index is 11.5. The van der Waals surface area contributed by atoms with Crippen LogP contribution in [0.25, 0.3) is 0 Å². The van der Waals surface area contributed by atoms with Crippen molar-refractivity contribution in [3.8, 4) is 0 Å². The Morgan fingerprint density at radius 3 is 2.00 bits per heavy atom. The minimum atomic E-state index is -1.40. The van der Waals surface area contributed by atoms with Crippen LogP contribution in [0.15, 0.2) is 0 Å². The Bertz CT molecular complexity index is 444. The van der Waals surface area contributed by atoms with Gasteiger partial charge >= 0.3 is 17.9 Å². The molecule has 0 fully saturated rings. The SMILES string of the molecule is O=C(O)CN(CC(=O)O)C(CSCC(=O)NCC(O)CO)C(=O)O. The van der Waals surface area contributed by atoms with E-state index in [2.05, 4.69) is 5.32 Å². The third kappa shape index (κ3) is 9.99. The van der Waals surface area contributed by atoms with Gasteiger partial charge in [0.2, 0.25) is 5.91 Å². The fourth-order valence-corrected chi connectivity index (χ4v) is 2.55. The number of amides is 1. The molecule has 0 rings (SSSR count). The number of rotatable bonds is 13. The molecule has 138 valence electrons. The second-order valence-corrected chi connectivity index (χ2v) is 5.73. The van der Waals surface area contributed by atoms with Crippen molar-refractivity contribution in [2.45, 2.75) is 12.1 Å². The lowest BCUT2D eigenvalue weighted by atomic mass is 10.2. The molecule has 12 heteroatoms. The van der Waals surface area contributed by atoms with Crippen molar-refractivity contribution >= 4 is 35.6 Å². The largest absolute Gasteiger partial charge is 0.480 e. The predicted octanol–water partition coefficient (Wildman–Crippen LogP) is -2.89. The highest BCUT2D eigenvalue weighted by atomic mass is 32.2. The van der Waals surface area contributed by atoms with Crippen LogP contribution in [0.5, 0.6) is 0 Å². The Morgan fingerprint density at radius 1 is 1.04 bits per heavy atom. The summed E-state index contributed by atoms with van der Waals surface area (Å²) in [4.78, 5) is 44.9. The lowest BCUT2D eigenvalue weighted by Crippen LogP contribution is -2.48. The summed E-state index contributed by atoms with van der Waals surface area (Å²) in [6.07, 6.45) is -1.10. The van der Waals surface area contributed by atoms with Crippen LogP contribution in [0.1, 0.15) is 0 Å². The van der Waals surface area contributed by atoms with Crippen LogP contribution in [0.3, 0.4) is 0 Å². The second kappa shape index (κ2) is 11.6. The summed E-state index contributed by atoms with van der Waals surface area (Å²) in [5.41, 5.74) is 0. The van der Waals surface area contributed by atoms with Crippen molar-refractivity contribution in [1.82, 2.24) is 10.2 Å². The molecule has 0 aromatic heterocycles. The minimum Gasteiger partial charge on any atom is -0.480 e. The number of hydrogen-bond donors (Lipinski definition) is 6. The van der Waals surface area contributed by atoms with E-state index in [0.717, 1.165) is 16.7 Å². The van der Waals surface area contributed by atoms with Gasteiger partial charge < -0.3 is 30.8 Å². The van der Waals surface area contributed by atoms with Gasteiger partial charge in [0.15, 0.2) is 0 Å². The maximum atomic E-state index is 11.5. The highest BCUT2D eigenvalue weighted by Crippen LogP contribution is 2.10. The molecule has 0 bridgehead atoms. The van der Waals surface area contributed by atoms with E-state index in [4.69, 9.17) is 25.5 Å². The topological polar surface area (TPSA) is 185 Å². The Kier molecular flexibility index (Phi) is 10.7. The standard InChI is InChI=1S/C12H20N2O9S/c15-4-7(16)1-13-9(17)6-24-5-8(12(22)23)14(2-10(18)19)3-11(20)21/h7-8,15-16H,1-6H2,(H,13,17)(H,18,19)(H,20,21)(H,22,23). The minimum absolute atomic E-state index is 0.164. The molecule has 11 nitrogen and oxygen atoms in total. The van der Waals surface area contributed by atoms with E-state index in [0.29, 0.717) is 0 Å². The zero-order valence-electron chi connectivity index (χ0n) is 12.6. The van der Waals surface area contributed by atoms with E-state index in [-0.39, 0.29) is 18.1 Å². The number of carboxylic acid groups (broad SMARTS) is 3. The molecule has 0 aliphatic heterocycles. The number of carboxylic acids is 3. The summed E-state index contributed by atoms with van der Waals surface area (Å²) in [6.45, 7) is -2.21. The summed E-state index contributed by atoms with van der Waals surface area (Å²) in [5.74, 6) is -5.03. The molecule has 0 heterocycles. The lowest BCUT2D eigenvalue weighted by Gasteiger charge is -2.25. The van der Waals surface area contributed by atoms with Gasteiger partial charge in [-0.15, -0.1) is 11.8 Å². The van der Waals surface area contributed by atoms with E-state index in [9.17, 15) is 19.2 Å². The molecule has 0 aromatic rings. The molecule has 0 saturated carbocycles. The highest BCUT2D eigenvalue weighted by Gasteiger charge is 2.29. The molecule has 0 aliphatic rings. The van der Waals surface area contributed by atoms with Crippen molar-refractivity contribution in [3.63, 3.8) is 0 Å². The predicted molar refractivity (Wildman–Crippen MR) is 81.7 cm³/mol. The fraction of sp³-hybridized carbons (Fsp3) is 0.667. The van der Waals surface area contributed by atoms with Gasteiger partial charge in [-0.05, 0) is 0 Å². The van der Waals surface area contributed by atoms with Gasteiger partial charge in [-0.3, -0.25) is 24.1 Å². The number of aliphatic hydroxyl groups excluding tert-OH is 2. The number of carbonyl (C=O) groups is 4. The van der Waals surface area contributed by atoms with Gasteiger partial charge in [0.25, 0.3) is 0 Å². The third-order valence-corrected chi connectivity index (χ3v) is 3.67. The van der Waals surface area contributed by atoms with Crippen LogP contribution in [-0.4, -0.2) is 104 Å². The average Bonchev–Trinajstić information content (AvgIpc) is 2.47. The number of nitrogens with one attached hydrogen (secondary N) is 1. The second-order valence-electron chi connectivity index (χ2n) is 4.70. The molecular weight excluding hydrogens is 348 g/mol. The molecule has 0 aromatic carbocycles. The number of nitrogens with zero attached hydrogens (tertiary/aromatic N) is 1. The quantitative estimate of drug-likeness (QED) is 0.196. The van der Waals surface area contributed by atoms with E-state index >= 15 is 0 Å². The van der Waals surface area contributed by atoms with Crippen LogP contribution in [0.2, 0.25) is 0 Å². The highest BCUT2D eigenvalue weighted by molar-refractivity contribution is 8.00. The fourth-order valence-electron chi connectivity index (χ4n) is 1.57. The van der Waals surface area contributed by atoms with Gasteiger partial charge in [0.05, 0.1) is 31.6 Å². The molecular formula is C12H20N2O9S. The molecule has 0 aliphatic carbocycles. The molecule has 1 amide bonds. The summed E-state index contributed by atoms with van der Waals surface area (Å²) < 4.78 is 0. The summed E-state index contributed by atoms with van der Waals surface area (Å²) in [7, 11) is 0. The maximum Gasteiger partial charge on any atom is 0.321 e. The Hall–Kier alpha value is -1.89. The monoisotopic (exact) mass is 368 g/mol. The molecule has 0 radical (unpaired) electrons. The molecule has 24 heavy (non-hydrogen) atoms. The van der Waals surface area contributed by atoms with Crippen LogP contribution < -0.4 is 5.32 Å². The molecule has 0 saturated heterocycles. The summed E-state index contributed by atoms with van der Waals surface area (Å²) >= 11 is 0.875. The summed E-state index contributed by atoms with van der Waals surface area (Å²) in [6, 6.07) is -1.39.